The third-order valence-corrected chi connectivity index (χ3v) is 21.3. The second kappa shape index (κ2) is 30.0. The zero-order valence-electron chi connectivity index (χ0n) is 37.7. The SMILES string of the molecule is CCCCCC[C@H](C/C=C\CCCCCCCC(O)CCCCCCC/C=C\C[C@@H](CCCCCC)O[Si](C)(C)C(C)(C)C)O[Si](C)(C)C(C)(C)C. The molecule has 0 fully saturated rings. The first-order chi connectivity index (χ1) is 24.5. The highest BCUT2D eigenvalue weighted by atomic mass is 28.4. The summed E-state index contributed by atoms with van der Waals surface area (Å²) in [4.78, 5) is 0. The Morgan fingerprint density at radius 1 is 0.442 bits per heavy atom. The standard InChI is InChI=1S/C47H96O3Si2/c1-13-15-17-33-39-44(49-51(9,10)46(3,4)5)41-35-29-25-21-19-23-27-31-37-43(48)38-32-28-24-20-22-26-30-36-42-45(40-34-18-16-14-2)50-52(11,12)47(6,7)8/h29-30,35-36,43-45,48H,13-28,31-34,37-42H2,1-12H3/b35-29-,36-30-/t44-,45-/m1/s1. The van der Waals surface area contributed by atoms with Gasteiger partial charge in [-0.25, -0.2) is 0 Å². The van der Waals surface area contributed by atoms with E-state index in [1.165, 1.54) is 141 Å². The first-order valence-electron chi connectivity index (χ1n) is 22.8. The molecule has 0 aromatic rings. The lowest BCUT2D eigenvalue weighted by molar-refractivity contribution is 0.147. The van der Waals surface area contributed by atoms with Crippen molar-refractivity contribution in [1.29, 1.82) is 0 Å². The molecule has 0 radical (unpaired) electrons. The van der Waals surface area contributed by atoms with Crippen molar-refractivity contribution in [2.75, 3.05) is 0 Å². The molecule has 0 amide bonds. The first kappa shape index (κ1) is 51.8. The summed E-state index contributed by atoms with van der Waals surface area (Å²) in [6.45, 7) is 28.3. The van der Waals surface area contributed by atoms with Crippen LogP contribution in [0.3, 0.4) is 0 Å². The third-order valence-electron chi connectivity index (χ3n) is 12.2. The number of allylic oxidation sites excluding steroid dienone is 2. The molecule has 0 aromatic carbocycles. The van der Waals surface area contributed by atoms with E-state index >= 15 is 0 Å². The highest BCUT2D eigenvalue weighted by molar-refractivity contribution is 6.74. The van der Waals surface area contributed by atoms with Gasteiger partial charge in [-0.2, -0.15) is 0 Å². The van der Waals surface area contributed by atoms with E-state index in [1.54, 1.807) is 0 Å². The van der Waals surface area contributed by atoms with Crippen molar-refractivity contribution in [1.82, 2.24) is 0 Å². The molecule has 0 aromatic heterocycles. The molecule has 0 saturated heterocycles. The van der Waals surface area contributed by atoms with E-state index in [0.29, 0.717) is 12.2 Å². The first-order valence-corrected chi connectivity index (χ1v) is 28.6. The fourth-order valence-corrected chi connectivity index (χ4v) is 9.26. The zero-order chi connectivity index (χ0) is 39.4. The van der Waals surface area contributed by atoms with Crippen LogP contribution in [0.1, 0.15) is 222 Å². The fourth-order valence-electron chi connectivity index (χ4n) is 6.46. The largest absolute Gasteiger partial charge is 0.414 e. The van der Waals surface area contributed by atoms with Crippen molar-refractivity contribution >= 4 is 16.6 Å². The van der Waals surface area contributed by atoms with Crippen molar-refractivity contribution in [3.8, 4) is 0 Å². The number of hydrogen-bond donors (Lipinski definition) is 1. The molecule has 52 heavy (non-hydrogen) atoms. The van der Waals surface area contributed by atoms with Crippen molar-refractivity contribution < 1.29 is 14.0 Å². The van der Waals surface area contributed by atoms with Gasteiger partial charge in [0, 0.05) is 12.2 Å². The highest BCUT2D eigenvalue weighted by Crippen LogP contribution is 2.39. The monoisotopic (exact) mass is 765 g/mol. The third kappa shape index (κ3) is 27.4. The van der Waals surface area contributed by atoms with E-state index in [-0.39, 0.29) is 16.2 Å². The lowest BCUT2D eigenvalue weighted by Gasteiger charge is -2.39. The van der Waals surface area contributed by atoms with Crippen LogP contribution in [0.5, 0.6) is 0 Å². The van der Waals surface area contributed by atoms with E-state index in [1.807, 2.05) is 0 Å². The molecule has 0 spiro atoms. The van der Waals surface area contributed by atoms with Gasteiger partial charge in [0.15, 0.2) is 16.6 Å². The van der Waals surface area contributed by atoms with Crippen LogP contribution in [0.2, 0.25) is 36.3 Å². The van der Waals surface area contributed by atoms with Gasteiger partial charge in [-0.3, -0.25) is 0 Å². The molecular weight excluding hydrogens is 669 g/mol. The molecule has 0 aliphatic heterocycles. The Hall–Kier alpha value is -0.206. The molecule has 3 nitrogen and oxygen atoms in total. The Labute approximate surface area is 330 Å². The molecule has 0 rings (SSSR count). The Bertz CT molecular complexity index is 797. The number of rotatable bonds is 34. The lowest BCUT2D eigenvalue weighted by Crippen LogP contribution is -2.43. The summed E-state index contributed by atoms with van der Waals surface area (Å²) in [6.07, 6.45) is 42.4. The predicted octanol–water partition coefficient (Wildman–Crippen LogP) is 16.4. The minimum Gasteiger partial charge on any atom is -0.414 e. The minimum absolute atomic E-state index is 0.0993. The van der Waals surface area contributed by atoms with E-state index in [2.05, 4.69) is 106 Å². The zero-order valence-corrected chi connectivity index (χ0v) is 39.7. The summed E-state index contributed by atoms with van der Waals surface area (Å²) >= 11 is 0. The van der Waals surface area contributed by atoms with Crippen molar-refractivity contribution in [3.63, 3.8) is 0 Å². The topological polar surface area (TPSA) is 38.7 Å². The maximum atomic E-state index is 10.5. The summed E-state index contributed by atoms with van der Waals surface area (Å²) in [5.74, 6) is 0. The quantitative estimate of drug-likeness (QED) is 0.0403. The normalized spacial score (nSPS) is 14.7. The molecular formula is C47H96O3Si2. The Balaban J connectivity index is 4.03. The van der Waals surface area contributed by atoms with Gasteiger partial charge in [0.05, 0.1) is 6.10 Å². The number of aliphatic hydroxyl groups is 1. The van der Waals surface area contributed by atoms with Crippen molar-refractivity contribution in [2.45, 2.75) is 277 Å². The average Bonchev–Trinajstić information content (AvgIpc) is 3.05. The van der Waals surface area contributed by atoms with E-state index in [4.69, 9.17) is 8.85 Å². The molecule has 0 aliphatic carbocycles. The Kier molecular flexibility index (Phi) is 29.9. The average molecular weight is 765 g/mol. The van der Waals surface area contributed by atoms with E-state index in [9.17, 15) is 5.11 Å². The molecule has 0 unspecified atom stereocenters. The lowest BCUT2D eigenvalue weighted by atomic mass is 10.0. The Morgan fingerprint density at radius 3 is 1.10 bits per heavy atom. The van der Waals surface area contributed by atoms with E-state index in [0.717, 1.165) is 25.7 Å². The molecule has 0 saturated carbocycles. The summed E-state index contributed by atoms with van der Waals surface area (Å²) in [5.41, 5.74) is 0. The van der Waals surface area contributed by atoms with Gasteiger partial charge in [-0.15, -0.1) is 0 Å². The second-order valence-electron chi connectivity index (χ2n) is 19.5. The molecule has 2 atom stereocenters. The minimum atomic E-state index is -1.73. The van der Waals surface area contributed by atoms with Gasteiger partial charge in [0.1, 0.15) is 0 Å². The molecule has 310 valence electrons. The van der Waals surface area contributed by atoms with Gasteiger partial charge in [0.25, 0.3) is 0 Å². The van der Waals surface area contributed by atoms with Crippen LogP contribution in [0.4, 0.5) is 0 Å². The predicted molar refractivity (Wildman–Crippen MR) is 240 cm³/mol. The van der Waals surface area contributed by atoms with Crippen LogP contribution in [0, 0.1) is 0 Å². The van der Waals surface area contributed by atoms with Gasteiger partial charge < -0.3 is 14.0 Å². The maximum Gasteiger partial charge on any atom is 0.192 e. The summed E-state index contributed by atoms with van der Waals surface area (Å²) in [5, 5.41) is 11.0. The van der Waals surface area contributed by atoms with Crippen LogP contribution in [-0.4, -0.2) is 40.1 Å². The van der Waals surface area contributed by atoms with Gasteiger partial charge in [-0.1, -0.05) is 182 Å². The van der Waals surface area contributed by atoms with E-state index < -0.39 is 16.6 Å². The number of unbranched alkanes of at least 4 members (excludes halogenated alkanes) is 16. The molecule has 0 aliphatic rings. The van der Waals surface area contributed by atoms with Gasteiger partial charge in [-0.05, 0) is 100 Å². The van der Waals surface area contributed by atoms with Gasteiger partial charge in [0.2, 0.25) is 0 Å². The molecule has 5 heteroatoms. The molecule has 0 heterocycles. The summed E-state index contributed by atoms with van der Waals surface area (Å²) < 4.78 is 13.7. The fraction of sp³-hybridized carbons (Fsp3) is 0.915. The summed E-state index contributed by atoms with van der Waals surface area (Å²) in [7, 11) is -3.46. The van der Waals surface area contributed by atoms with Crippen LogP contribution in [-0.2, 0) is 8.85 Å². The number of hydrogen-bond acceptors (Lipinski definition) is 3. The van der Waals surface area contributed by atoms with Crippen LogP contribution in [0.15, 0.2) is 24.3 Å². The molecule has 1 N–H and O–H groups in total. The smallest absolute Gasteiger partial charge is 0.192 e. The Morgan fingerprint density at radius 2 is 0.750 bits per heavy atom. The highest BCUT2D eigenvalue weighted by Gasteiger charge is 2.39. The van der Waals surface area contributed by atoms with Crippen LogP contribution < -0.4 is 0 Å². The van der Waals surface area contributed by atoms with Crippen LogP contribution >= 0.6 is 0 Å². The van der Waals surface area contributed by atoms with Crippen LogP contribution in [0.25, 0.3) is 0 Å². The molecule has 0 bridgehead atoms. The number of aliphatic hydroxyl groups excluding tert-OH is 1. The van der Waals surface area contributed by atoms with Crippen molar-refractivity contribution in [3.05, 3.63) is 24.3 Å². The summed E-state index contributed by atoms with van der Waals surface area (Å²) in [6, 6.07) is 0. The van der Waals surface area contributed by atoms with Gasteiger partial charge >= 0.3 is 0 Å². The maximum absolute atomic E-state index is 10.5. The van der Waals surface area contributed by atoms with Crippen molar-refractivity contribution in [2.24, 2.45) is 0 Å². The second-order valence-corrected chi connectivity index (χ2v) is 29.0.